The molecule has 2 N–H and O–H groups in total. The predicted octanol–water partition coefficient (Wildman–Crippen LogP) is 2.58. The summed E-state index contributed by atoms with van der Waals surface area (Å²) in [6, 6.07) is -0.367. The van der Waals surface area contributed by atoms with Gasteiger partial charge in [0.2, 0.25) is 5.88 Å². The van der Waals surface area contributed by atoms with Gasteiger partial charge >= 0.3 is 0 Å². The molecule has 146 valence electrons. The second-order valence-corrected chi connectivity index (χ2v) is 9.37. The minimum Gasteiger partial charge on any atom is -0.494 e. The fourth-order valence-corrected chi connectivity index (χ4v) is 4.93. The van der Waals surface area contributed by atoms with Crippen molar-refractivity contribution >= 4 is 28.3 Å². The number of H-pyrrole nitrogens is 1. The zero-order valence-corrected chi connectivity index (χ0v) is 16.7. The fourth-order valence-electron chi connectivity index (χ4n) is 3.02. The number of unbranched alkanes of at least 4 members (excludes halogenated alkanes) is 5. The SMILES string of the molecule is CCCCCCCCn1c(O)c(C=N[C@@H]2CCS(=O)(=O)C2)c(=O)[nH]c1=S. The van der Waals surface area contributed by atoms with Crippen LogP contribution in [0.4, 0.5) is 0 Å². The summed E-state index contributed by atoms with van der Waals surface area (Å²) in [7, 11) is -3.04. The Balaban J connectivity index is 2.08. The van der Waals surface area contributed by atoms with Gasteiger partial charge in [-0.2, -0.15) is 0 Å². The lowest BCUT2D eigenvalue weighted by molar-refractivity contribution is 0.395. The van der Waals surface area contributed by atoms with Gasteiger partial charge in [0.25, 0.3) is 5.56 Å². The van der Waals surface area contributed by atoms with Gasteiger partial charge in [-0.05, 0) is 25.1 Å². The maximum absolute atomic E-state index is 12.1. The van der Waals surface area contributed by atoms with E-state index in [9.17, 15) is 18.3 Å². The summed E-state index contributed by atoms with van der Waals surface area (Å²) in [5.41, 5.74) is -0.495. The molecule has 2 rings (SSSR count). The van der Waals surface area contributed by atoms with Crippen molar-refractivity contribution in [2.75, 3.05) is 11.5 Å². The van der Waals surface area contributed by atoms with Crippen LogP contribution in [-0.2, 0) is 16.4 Å². The third kappa shape index (κ3) is 5.77. The molecule has 0 unspecified atom stereocenters. The molecule has 1 aromatic rings. The van der Waals surface area contributed by atoms with Gasteiger partial charge in [0.1, 0.15) is 5.56 Å². The van der Waals surface area contributed by atoms with Crippen LogP contribution in [0.5, 0.6) is 5.88 Å². The van der Waals surface area contributed by atoms with E-state index in [1.165, 1.54) is 30.0 Å². The van der Waals surface area contributed by atoms with Crippen molar-refractivity contribution in [3.05, 3.63) is 20.7 Å². The highest BCUT2D eigenvalue weighted by atomic mass is 32.2. The molecule has 7 nitrogen and oxygen atoms in total. The number of sulfone groups is 1. The number of rotatable bonds is 9. The third-order valence-electron chi connectivity index (χ3n) is 4.56. The number of hydrogen-bond donors (Lipinski definition) is 2. The smallest absolute Gasteiger partial charge is 0.264 e. The van der Waals surface area contributed by atoms with Crippen molar-refractivity contribution in [3.8, 4) is 5.88 Å². The van der Waals surface area contributed by atoms with Crippen molar-refractivity contribution in [1.29, 1.82) is 0 Å². The average Bonchev–Trinajstić information content (AvgIpc) is 2.92. The van der Waals surface area contributed by atoms with Crippen LogP contribution in [-0.4, -0.2) is 46.8 Å². The summed E-state index contributed by atoms with van der Waals surface area (Å²) in [4.78, 5) is 18.8. The predicted molar refractivity (Wildman–Crippen MR) is 106 cm³/mol. The molecule has 0 saturated carbocycles. The van der Waals surface area contributed by atoms with E-state index in [1.54, 1.807) is 0 Å². The Morgan fingerprint density at radius 1 is 1.31 bits per heavy atom. The van der Waals surface area contributed by atoms with Crippen molar-refractivity contribution in [2.45, 2.75) is 64.5 Å². The number of nitrogens with zero attached hydrogens (tertiary/aromatic N) is 2. The van der Waals surface area contributed by atoms with Crippen LogP contribution in [0, 0.1) is 4.77 Å². The number of aromatic hydroxyl groups is 1. The van der Waals surface area contributed by atoms with Crippen molar-refractivity contribution in [2.24, 2.45) is 4.99 Å². The van der Waals surface area contributed by atoms with Crippen molar-refractivity contribution in [1.82, 2.24) is 9.55 Å². The first kappa shape index (κ1) is 20.8. The van der Waals surface area contributed by atoms with Gasteiger partial charge < -0.3 is 5.11 Å². The van der Waals surface area contributed by atoms with Gasteiger partial charge in [-0.3, -0.25) is 19.3 Å². The molecule has 9 heteroatoms. The van der Waals surface area contributed by atoms with Gasteiger partial charge in [0.05, 0.1) is 17.5 Å². The topological polar surface area (TPSA) is 105 Å². The summed E-state index contributed by atoms with van der Waals surface area (Å²) >= 11 is 5.15. The van der Waals surface area contributed by atoms with Crippen molar-refractivity contribution in [3.63, 3.8) is 0 Å². The Labute approximate surface area is 159 Å². The number of aromatic amines is 1. The summed E-state index contributed by atoms with van der Waals surface area (Å²) in [5, 5.41) is 10.4. The van der Waals surface area contributed by atoms with Gasteiger partial charge in [-0.15, -0.1) is 0 Å². The minimum absolute atomic E-state index is 0.0148. The Bertz CT molecular complexity index is 856. The molecule has 1 atom stereocenters. The zero-order chi connectivity index (χ0) is 19.2. The largest absolute Gasteiger partial charge is 0.494 e. The second kappa shape index (κ2) is 9.45. The lowest BCUT2D eigenvalue weighted by Gasteiger charge is -2.11. The second-order valence-electron chi connectivity index (χ2n) is 6.75. The highest BCUT2D eigenvalue weighted by molar-refractivity contribution is 7.91. The fraction of sp³-hybridized carbons (Fsp3) is 0.706. The van der Waals surface area contributed by atoms with Crippen molar-refractivity contribution < 1.29 is 13.5 Å². The minimum atomic E-state index is -3.04. The van der Waals surface area contributed by atoms with Crippen LogP contribution >= 0.6 is 12.2 Å². The third-order valence-corrected chi connectivity index (χ3v) is 6.64. The number of aliphatic imine (C=N–C) groups is 1. The maximum Gasteiger partial charge on any atom is 0.264 e. The lowest BCUT2D eigenvalue weighted by Crippen LogP contribution is -2.19. The van der Waals surface area contributed by atoms with E-state index in [1.807, 2.05) is 0 Å². The Morgan fingerprint density at radius 3 is 2.65 bits per heavy atom. The molecule has 1 aliphatic rings. The molecule has 2 heterocycles. The van der Waals surface area contributed by atoms with E-state index < -0.39 is 15.4 Å². The van der Waals surface area contributed by atoms with Gasteiger partial charge in [-0.25, -0.2) is 8.42 Å². The van der Waals surface area contributed by atoms with Gasteiger partial charge in [0.15, 0.2) is 14.6 Å². The Hall–Kier alpha value is -1.48. The molecule has 26 heavy (non-hydrogen) atoms. The Morgan fingerprint density at radius 2 is 2.00 bits per heavy atom. The summed E-state index contributed by atoms with van der Waals surface area (Å²) < 4.78 is 24.7. The molecule has 1 saturated heterocycles. The van der Waals surface area contributed by atoms with E-state index in [0.717, 1.165) is 19.3 Å². The molecule has 0 aromatic carbocycles. The maximum atomic E-state index is 12.1. The molecule has 0 radical (unpaired) electrons. The van der Waals surface area contributed by atoms with Crippen LogP contribution in [0.2, 0.25) is 0 Å². The van der Waals surface area contributed by atoms with E-state index in [-0.39, 0.29) is 33.8 Å². The first-order valence-corrected chi connectivity index (χ1v) is 11.4. The highest BCUT2D eigenvalue weighted by Crippen LogP contribution is 2.17. The molecule has 0 aliphatic carbocycles. The van der Waals surface area contributed by atoms with Crippen LogP contribution in [0.15, 0.2) is 9.79 Å². The van der Waals surface area contributed by atoms with Crippen LogP contribution < -0.4 is 5.56 Å². The normalized spacial score (nSPS) is 19.3. The van der Waals surface area contributed by atoms with E-state index in [2.05, 4.69) is 16.9 Å². The summed E-state index contributed by atoms with van der Waals surface area (Å²) in [6.45, 7) is 2.69. The average molecular weight is 402 g/mol. The van der Waals surface area contributed by atoms with Gasteiger partial charge in [0, 0.05) is 12.8 Å². The quantitative estimate of drug-likeness (QED) is 0.376. The molecule has 0 amide bonds. The van der Waals surface area contributed by atoms with E-state index in [4.69, 9.17) is 12.2 Å². The lowest BCUT2D eigenvalue weighted by atomic mass is 10.1. The van der Waals surface area contributed by atoms with Crippen LogP contribution in [0.25, 0.3) is 0 Å². The van der Waals surface area contributed by atoms with E-state index >= 15 is 0 Å². The van der Waals surface area contributed by atoms with Gasteiger partial charge in [-0.1, -0.05) is 39.0 Å². The summed E-state index contributed by atoms with van der Waals surface area (Å²) in [5.74, 6) is -0.114. The van der Waals surface area contributed by atoms with E-state index in [0.29, 0.717) is 13.0 Å². The molecule has 0 spiro atoms. The first-order valence-electron chi connectivity index (χ1n) is 9.13. The van der Waals surface area contributed by atoms with Crippen LogP contribution in [0.3, 0.4) is 0 Å². The molecule has 1 aliphatic heterocycles. The molecule has 0 bridgehead atoms. The molecular weight excluding hydrogens is 374 g/mol. The molecular formula is C17H27N3O4S2. The zero-order valence-electron chi connectivity index (χ0n) is 15.1. The molecule has 1 fully saturated rings. The molecule has 1 aromatic heterocycles. The number of nitrogens with one attached hydrogen (secondary N) is 1. The first-order chi connectivity index (χ1) is 12.3. The highest BCUT2D eigenvalue weighted by Gasteiger charge is 2.27. The number of hydrogen-bond acceptors (Lipinski definition) is 6. The summed E-state index contributed by atoms with van der Waals surface area (Å²) in [6.07, 6.45) is 8.34. The number of aromatic nitrogens is 2. The van der Waals surface area contributed by atoms with Crippen LogP contribution in [0.1, 0.15) is 57.4 Å². The standard InChI is InChI=1S/C17H27N3O4S2/c1-2-3-4-5-6-7-9-20-16(22)14(15(21)19-17(20)25)11-18-13-8-10-26(23,24)12-13/h11,13,22H,2-10,12H2,1H3,(H,19,21,25)/t13-/m1/s1. The Kier molecular flexibility index (Phi) is 7.57. The monoisotopic (exact) mass is 401 g/mol.